The third-order valence-corrected chi connectivity index (χ3v) is 5.84. The molecule has 0 unspecified atom stereocenters. The molecule has 3 rings (SSSR count). The fourth-order valence-corrected chi connectivity index (χ4v) is 4.30. The van der Waals surface area contributed by atoms with Crippen LogP contribution in [0.4, 0.5) is 5.69 Å². The Morgan fingerprint density at radius 3 is 2.43 bits per heavy atom. The number of ether oxygens (including phenoxy) is 1. The minimum absolute atomic E-state index is 0.0582. The van der Waals surface area contributed by atoms with Gasteiger partial charge in [0, 0.05) is 38.4 Å². The lowest BCUT2D eigenvalue weighted by molar-refractivity contribution is 0.0513. The maximum absolute atomic E-state index is 13.4. The van der Waals surface area contributed by atoms with Crippen LogP contribution in [-0.2, 0) is 11.3 Å². The van der Waals surface area contributed by atoms with E-state index in [1.807, 2.05) is 47.6 Å². The van der Waals surface area contributed by atoms with E-state index in [2.05, 4.69) is 11.5 Å². The van der Waals surface area contributed by atoms with Crippen molar-refractivity contribution in [2.45, 2.75) is 27.3 Å². The number of para-hydroxylation sites is 1. The molecular weight excluding hydrogens is 402 g/mol. The number of piperazine rings is 1. The zero-order chi connectivity index (χ0) is 21.8. The van der Waals surface area contributed by atoms with Crippen LogP contribution in [-0.4, -0.2) is 54.1 Å². The standard InChI is InChI=1S/C23H28ClN3O3/c1-5-11-27-17(4)20(16(3)21(27)23(29)30-6-2)22(28)26-14-12-25(13-15-26)19-10-8-7-9-18(19)24/h5,7-10H,1,6,11-15H2,2-4H3. The Morgan fingerprint density at radius 2 is 1.83 bits per heavy atom. The number of halogens is 1. The van der Waals surface area contributed by atoms with E-state index in [0.29, 0.717) is 54.6 Å². The maximum Gasteiger partial charge on any atom is 0.355 e. The van der Waals surface area contributed by atoms with Crippen LogP contribution < -0.4 is 4.90 Å². The highest BCUT2D eigenvalue weighted by atomic mass is 35.5. The molecule has 2 heterocycles. The Balaban J connectivity index is 1.84. The molecule has 2 aromatic rings. The zero-order valence-electron chi connectivity index (χ0n) is 17.8. The van der Waals surface area contributed by atoms with Crippen LogP contribution in [0.3, 0.4) is 0 Å². The van der Waals surface area contributed by atoms with Crippen LogP contribution in [0.2, 0.25) is 5.02 Å². The lowest BCUT2D eigenvalue weighted by atomic mass is 10.1. The Hall–Kier alpha value is -2.73. The fraction of sp³-hybridized carbons (Fsp3) is 0.391. The third-order valence-electron chi connectivity index (χ3n) is 5.52. The molecule has 6 nitrogen and oxygen atoms in total. The normalized spacial score (nSPS) is 14.0. The van der Waals surface area contributed by atoms with E-state index in [0.717, 1.165) is 11.4 Å². The van der Waals surface area contributed by atoms with E-state index < -0.39 is 5.97 Å². The molecular formula is C23H28ClN3O3. The van der Waals surface area contributed by atoms with Gasteiger partial charge in [0.05, 0.1) is 22.9 Å². The minimum Gasteiger partial charge on any atom is -0.461 e. The van der Waals surface area contributed by atoms with Gasteiger partial charge in [0.2, 0.25) is 0 Å². The van der Waals surface area contributed by atoms with Gasteiger partial charge in [-0.25, -0.2) is 4.79 Å². The van der Waals surface area contributed by atoms with Crippen LogP contribution >= 0.6 is 11.6 Å². The van der Waals surface area contributed by atoms with E-state index >= 15 is 0 Å². The first-order chi connectivity index (χ1) is 14.4. The molecule has 1 aliphatic rings. The molecule has 30 heavy (non-hydrogen) atoms. The molecule has 0 aliphatic carbocycles. The first kappa shape index (κ1) is 22.0. The van der Waals surface area contributed by atoms with Crippen LogP contribution in [0, 0.1) is 13.8 Å². The van der Waals surface area contributed by atoms with Crippen molar-refractivity contribution in [3.05, 3.63) is 64.5 Å². The van der Waals surface area contributed by atoms with Gasteiger partial charge in [-0.15, -0.1) is 6.58 Å². The lowest BCUT2D eigenvalue weighted by Gasteiger charge is -2.36. The summed E-state index contributed by atoms with van der Waals surface area (Å²) in [5.41, 5.74) is 3.40. The summed E-state index contributed by atoms with van der Waals surface area (Å²) in [6, 6.07) is 7.74. The first-order valence-corrected chi connectivity index (χ1v) is 10.5. The van der Waals surface area contributed by atoms with E-state index in [4.69, 9.17) is 16.3 Å². The average Bonchev–Trinajstić information content (AvgIpc) is 2.98. The first-order valence-electron chi connectivity index (χ1n) is 10.2. The van der Waals surface area contributed by atoms with Crippen molar-refractivity contribution >= 4 is 29.2 Å². The van der Waals surface area contributed by atoms with E-state index in [1.165, 1.54) is 0 Å². The molecule has 0 saturated carbocycles. The second-order valence-electron chi connectivity index (χ2n) is 7.28. The molecule has 1 amide bonds. The predicted octanol–water partition coefficient (Wildman–Crippen LogP) is 4.08. The minimum atomic E-state index is -0.414. The highest BCUT2D eigenvalue weighted by Gasteiger charge is 2.31. The number of esters is 1. The van der Waals surface area contributed by atoms with Crippen molar-refractivity contribution in [1.29, 1.82) is 0 Å². The van der Waals surface area contributed by atoms with Crippen molar-refractivity contribution in [3.8, 4) is 0 Å². The summed E-state index contributed by atoms with van der Waals surface area (Å²) >= 11 is 6.32. The number of aromatic nitrogens is 1. The summed E-state index contributed by atoms with van der Waals surface area (Å²) in [7, 11) is 0. The van der Waals surface area contributed by atoms with Crippen LogP contribution in [0.1, 0.15) is 39.0 Å². The predicted molar refractivity (Wildman–Crippen MR) is 120 cm³/mol. The molecule has 0 spiro atoms. The number of benzene rings is 1. The lowest BCUT2D eigenvalue weighted by Crippen LogP contribution is -2.49. The van der Waals surface area contributed by atoms with Crippen molar-refractivity contribution in [2.24, 2.45) is 0 Å². The van der Waals surface area contributed by atoms with Crippen LogP contribution in [0.5, 0.6) is 0 Å². The van der Waals surface area contributed by atoms with E-state index in [1.54, 1.807) is 13.0 Å². The van der Waals surface area contributed by atoms with Gasteiger partial charge in [0.25, 0.3) is 5.91 Å². The molecule has 1 aliphatic heterocycles. The monoisotopic (exact) mass is 429 g/mol. The Bertz CT molecular complexity index is 959. The fourth-order valence-electron chi connectivity index (χ4n) is 4.05. The Kier molecular flexibility index (Phi) is 6.87. The van der Waals surface area contributed by atoms with Crippen LogP contribution in [0.25, 0.3) is 0 Å². The molecule has 0 bridgehead atoms. The van der Waals surface area contributed by atoms with Gasteiger partial charge in [-0.05, 0) is 38.5 Å². The average molecular weight is 430 g/mol. The van der Waals surface area contributed by atoms with Gasteiger partial charge >= 0.3 is 5.97 Å². The van der Waals surface area contributed by atoms with Crippen molar-refractivity contribution in [3.63, 3.8) is 0 Å². The largest absolute Gasteiger partial charge is 0.461 e. The highest BCUT2D eigenvalue weighted by molar-refractivity contribution is 6.33. The van der Waals surface area contributed by atoms with Gasteiger partial charge in [-0.2, -0.15) is 0 Å². The highest BCUT2D eigenvalue weighted by Crippen LogP contribution is 2.28. The van der Waals surface area contributed by atoms with Gasteiger partial charge in [-0.1, -0.05) is 29.8 Å². The van der Waals surface area contributed by atoms with E-state index in [-0.39, 0.29) is 12.5 Å². The molecule has 1 aromatic carbocycles. The third kappa shape index (κ3) is 4.10. The second kappa shape index (κ2) is 9.39. The zero-order valence-corrected chi connectivity index (χ0v) is 18.5. The number of carbonyl (C=O) groups is 2. The quantitative estimate of drug-likeness (QED) is 0.512. The summed E-state index contributed by atoms with van der Waals surface area (Å²) in [6.07, 6.45) is 1.71. The summed E-state index contributed by atoms with van der Waals surface area (Å²) < 4.78 is 7.04. The number of amides is 1. The molecule has 160 valence electrons. The second-order valence-corrected chi connectivity index (χ2v) is 7.69. The molecule has 1 fully saturated rings. The van der Waals surface area contributed by atoms with Crippen molar-refractivity contribution in [2.75, 3.05) is 37.7 Å². The van der Waals surface area contributed by atoms with E-state index in [9.17, 15) is 9.59 Å². The van der Waals surface area contributed by atoms with Gasteiger partial charge in [-0.3, -0.25) is 4.79 Å². The van der Waals surface area contributed by atoms with Gasteiger partial charge in [0.1, 0.15) is 5.69 Å². The Morgan fingerprint density at radius 1 is 1.17 bits per heavy atom. The molecule has 0 radical (unpaired) electrons. The summed E-state index contributed by atoms with van der Waals surface area (Å²) in [4.78, 5) is 30.0. The van der Waals surface area contributed by atoms with Gasteiger partial charge in [0.15, 0.2) is 0 Å². The summed E-state index contributed by atoms with van der Waals surface area (Å²) in [5.74, 6) is -0.472. The van der Waals surface area contributed by atoms with Gasteiger partial charge < -0.3 is 19.1 Å². The summed E-state index contributed by atoms with van der Waals surface area (Å²) in [6.45, 7) is 12.5. The molecule has 0 atom stereocenters. The molecule has 7 heteroatoms. The van der Waals surface area contributed by atoms with Crippen molar-refractivity contribution in [1.82, 2.24) is 9.47 Å². The molecule has 0 N–H and O–H groups in total. The molecule has 1 saturated heterocycles. The van der Waals surface area contributed by atoms with Crippen LogP contribution in [0.15, 0.2) is 36.9 Å². The summed E-state index contributed by atoms with van der Waals surface area (Å²) in [5, 5.41) is 0.713. The number of anilines is 1. The SMILES string of the molecule is C=CCn1c(C)c(C(=O)N2CCN(c3ccccc3Cl)CC2)c(C)c1C(=O)OCC. The number of nitrogens with zero attached hydrogens (tertiary/aromatic N) is 3. The topological polar surface area (TPSA) is 54.8 Å². The van der Waals surface area contributed by atoms with Crippen molar-refractivity contribution < 1.29 is 14.3 Å². The smallest absolute Gasteiger partial charge is 0.355 e. The maximum atomic E-state index is 13.4. The number of rotatable bonds is 6. The Labute approximate surface area is 182 Å². The number of hydrogen-bond acceptors (Lipinski definition) is 4. The number of hydrogen-bond donors (Lipinski definition) is 0. The number of allylic oxidation sites excluding steroid dienone is 1. The molecule has 1 aromatic heterocycles. The number of carbonyl (C=O) groups excluding carboxylic acids is 2.